The van der Waals surface area contributed by atoms with Crippen LogP contribution in [0.25, 0.3) is 16.9 Å². The van der Waals surface area contributed by atoms with Gasteiger partial charge in [0.05, 0.1) is 5.69 Å². The first-order valence-electron chi connectivity index (χ1n) is 9.04. The molecule has 25 heavy (non-hydrogen) atoms. The number of nitrogens with one attached hydrogen (secondary N) is 1. The van der Waals surface area contributed by atoms with E-state index in [4.69, 9.17) is 0 Å². The van der Waals surface area contributed by atoms with Gasteiger partial charge in [0.15, 0.2) is 0 Å². The Morgan fingerprint density at radius 2 is 2.08 bits per heavy atom. The number of hydrogen-bond acceptors (Lipinski definition) is 2. The summed E-state index contributed by atoms with van der Waals surface area (Å²) in [5.41, 5.74) is 4.82. The minimum absolute atomic E-state index is 0.127. The molecule has 0 radical (unpaired) electrons. The lowest BCUT2D eigenvalue weighted by Gasteiger charge is -2.12. The van der Waals surface area contributed by atoms with Gasteiger partial charge < -0.3 is 9.72 Å². The fourth-order valence-corrected chi connectivity index (χ4v) is 3.67. The fraction of sp³-hybridized carbons (Fsp3) is 0.333. The quantitative estimate of drug-likeness (QED) is 0.743. The van der Waals surface area contributed by atoms with Crippen LogP contribution in [0.15, 0.2) is 48.8 Å². The van der Waals surface area contributed by atoms with Gasteiger partial charge in [0.25, 0.3) is 0 Å². The first kappa shape index (κ1) is 15.9. The molecule has 1 aliphatic rings. The topological polar surface area (TPSA) is 46.4 Å². The molecule has 2 heterocycles. The number of aromatic nitrogens is 2. The number of benzene rings is 1. The lowest BCUT2D eigenvalue weighted by atomic mass is 10.0. The van der Waals surface area contributed by atoms with Crippen molar-refractivity contribution in [3.8, 4) is 11.3 Å². The Bertz CT molecular complexity index is 873. The molecule has 1 saturated carbocycles. The zero-order valence-corrected chi connectivity index (χ0v) is 14.5. The number of carbonyl (C=O) groups excluding carboxylic acids is 1. The van der Waals surface area contributed by atoms with Crippen LogP contribution in [0.1, 0.15) is 37.7 Å². The van der Waals surface area contributed by atoms with Crippen LogP contribution in [0.2, 0.25) is 0 Å². The largest absolute Gasteiger partial charge is 0.326 e. The Balaban J connectivity index is 1.56. The molecule has 0 aliphatic heterocycles. The minimum Gasteiger partial charge on any atom is -0.326 e. The second-order valence-corrected chi connectivity index (χ2v) is 7.02. The second kappa shape index (κ2) is 6.71. The van der Waals surface area contributed by atoms with Gasteiger partial charge in [-0.15, -0.1) is 0 Å². The SMILES string of the molecule is Cc1ccc(-c2cn3ccccc3n2)cc1NC(=O)CC1CCCC1. The number of nitrogens with zero attached hydrogens (tertiary/aromatic N) is 2. The summed E-state index contributed by atoms with van der Waals surface area (Å²) in [5, 5.41) is 3.11. The van der Waals surface area contributed by atoms with E-state index in [1.165, 1.54) is 25.7 Å². The van der Waals surface area contributed by atoms with Gasteiger partial charge in [0, 0.05) is 30.1 Å². The van der Waals surface area contributed by atoms with Crippen LogP contribution in [0, 0.1) is 12.8 Å². The van der Waals surface area contributed by atoms with E-state index in [1.807, 2.05) is 54.0 Å². The minimum atomic E-state index is 0.127. The highest BCUT2D eigenvalue weighted by Crippen LogP contribution is 2.29. The third-order valence-corrected chi connectivity index (χ3v) is 5.12. The van der Waals surface area contributed by atoms with Gasteiger partial charge in [-0.05, 0) is 49.4 Å². The molecule has 2 aromatic heterocycles. The summed E-state index contributed by atoms with van der Waals surface area (Å²) < 4.78 is 2.01. The summed E-state index contributed by atoms with van der Waals surface area (Å²) in [6.45, 7) is 2.03. The number of pyridine rings is 1. The van der Waals surface area contributed by atoms with Crippen LogP contribution in [-0.4, -0.2) is 15.3 Å². The second-order valence-electron chi connectivity index (χ2n) is 7.02. The van der Waals surface area contributed by atoms with Crippen LogP contribution in [-0.2, 0) is 4.79 Å². The summed E-state index contributed by atoms with van der Waals surface area (Å²) in [7, 11) is 0. The molecule has 1 N–H and O–H groups in total. The van der Waals surface area contributed by atoms with Gasteiger partial charge in [0.1, 0.15) is 5.65 Å². The average molecular weight is 333 g/mol. The smallest absolute Gasteiger partial charge is 0.224 e. The predicted octanol–water partition coefficient (Wildman–Crippen LogP) is 4.83. The zero-order chi connectivity index (χ0) is 17.2. The van der Waals surface area contributed by atoms with E-state index in [9.17, 15) is 4.79 Å². The standard InChI is InChI=1S/C21H23N3O/c1-15-9-10-17(19-14-24-11-5-4-8-20(24)22-19)13-18(15)23-21(25)12-16-6-2-3-7-16/h4-5,8-11,13-14,16H,2-3,6-7,12H2,1H3,(H,23,25). The zero-order valence-electron chi connectivity index (χ0n) is 14.5. The third kappa shape index (κ3) is 3.43. The van der Waals surface area contributed by atoms with Crippen LogP contribution in [0.4, 0.5) is 5.69 Å². The number of hydrogen-bond donors (Lipinski definition) is 1. The molecule has 0 atom stereocenters. The Labute approximate surface area is 147 Å². The fourth-order valence-electron chi connectivity index (χ4n) is 3.67. The van der Waals surface area contributed by atoms with Crippen molar-refractivity contribution in [2.75, 3.05) is 5.32 Å². The molecule has 0 spiro atoms. The van der Waals surface area contributed by atoms with Gasteiger partial charge in [0.2, 0.25) is 5.91 Å². The van der Waals surface area contributed by atoms with Crippen LogP contribution in [0.3, 0.4) is 0 Å². The molecule has 0 saturated heterocycles. The summed E-state index contributed by atoms with van der Waals surface area (Å²) in [6.07, 6.45) is 9.55. The van der Waals surface area contributed by atoms with Crippen LogP contribution < -0.4 is 5.32 Å². The molecule has 1 aromatic carbocycles. The lowest BCUT2D eigenvalue weighted by Crippen LogP contribution is -2.15. The molecular formula is C21H23N3O. The number of imidazole rings is 1. The van der Waals surface area contributed by atoms with Gasteiger partial charge in [-0.1, -0.05) is 31.0 Å². The van der Waals surface area contributed by atoms with Crippen molar-refractivity contribution in [3.05, 3.63) is 54.4 Å². The average Bonchev–Trinajstić information content (AvgIpc) is 3.25. The number of amides is 1. The van der Waals surface area contributed by atoms with Crippen molar-refractivity contribution in [3.63, 3.8) is 0 Å². The van der Waals surface area contributed by atoms with Gasteiger partial charge in [-0.25, -0.2) is 4.98 Å². The molecule has 0 unspecified atom stereocenters. The Morgan fingerprint density at radius 3 is 2.88 bits per heavy atom. The number of aryl methyl sites for hydroxylation is 1. The molecule has 1 aliphatic carbocycles. The van der Waals surface area contributed by atoms with Crippen molar-refractivity contribution in [2.24, 2.45) is 5.92 Å². The van der Waals surface area contributed by atoms with Crippen molar-refractivity contribution in [1.29, 1.82) is 0 Å². The number of anilines is 1. The third-order valence-electron chi connectivity index (χ3n) is 5.12. The first-order valence-corrected chi connectivity index (χ1v) is 9.04. The number of fused-ring (bicyclic) bond motifs is 1. The summed E-state index contributed by atoms with van der Waals surface area (Å²) >= 11 is 0. The van der Waals surface area contributed by atoms with Crippen molar-refractivity contribution in [1.82, 2.24) is 9.38 Å². The van der Waals surface area contributed by atoms with E-state index in [0.717, 1.165) is 28.2 Å². The van der Waals surface area contributed by atoms with Gasteiger partial charge in [-0.3, -0.25) is 4.79 Å². The maximum atomic E-state index is 12.4. The molecular weight excluding hydrogens is 310 g/mol. The molecule has 4 rings (SSSR count). The monoisotopic (exact) mass is 333 g/mol. The Morgan fingerprint density at radius 1 is 1.24 bits per heavy atom. The molecule has 3 aromatic rings. The van der Waals surface area contributed by atoms with E-state index < -0.39 is 0 Å². The van der Waals surface area contributed by atoms with Crippen molar-refractivity contribution in [2.45, 2.75) is 39.0 Å². The molecule has 1 fully saturated rings. The molecule has 4 nitrogen and oxygen atoms in total. The lowest BCUT2D eigenvalue weighted by molar-refractivity contribution is -0.117. The van der Waals surface area contributed by atoms with Gasteiger partial charge >= 0.3 is 0 Å². The first-order chi connectivity index (χ1) is 12.2. The summed E-state index contributed by atoms with van der Waals surface area (Å²) in [6, 6.07) is 12.1. The summed E-state index contributed by atoms with van der Waals surface area (Å²) in [5.74, 6) is 0.684. The van der Waals surface area contributed by atoms with Gasteiger partial charge in [-0.2, -0.15) is 0 Å². The Kier molecular flexibility index (Phi) is 4.26. The Hall–Kier alpha value is -2.62. The van der Waals surface area contributed by atoms with E-state index in [2.05, 4.69) is 16.4 Å². The number of rotatable bonds is 4. The highest BCUT2D eigenvalue weighted by Gasteiger charge is 2.19. The van der Waals surface area contributed by atoms with E-state index in [0.29, 0.717) is 12.3 Å². The molecule has 1 amide bonds. The van der Waals surface area contributed by atoms with Crippen LogP contribution in [0.5, 0.6) is 0 Å². The predicted molar refractivity (Wildman–Crippen MR) is 101 cm³/mol. The summed E-state index contributed by atoms with van der Waals surface area (Å²) in [4.78, 5) is 17.0. The molecule has 128 valence electrons. The normalized spacial score (nSPS) is 14.9. The van der Waals surface area contributed by atoms with E-state index in [1.54, 1.807) is 0 Å². The maximum Gasteiger partial charge on any atom is 0.224 e. The highest BCUT2D eigenvalue weighted by atomic mass is 16.1. The van der Waals surface area contributed by atoms with Crippen LogP contribution >= 0.6 is 0 Å². The van der Waals surface area contributed by atoms with E-state index in [-0.39, 0.29) is 5.91 Å². The van der Waals surface area contributed by atoms with Crippen molar-refractivity contribution >= 4 is 17.2 Å². The number of carbonyl (C=O) groups is 1. The molecule has 0 bridgehead atoms. The molecule has 4 heteroatoms. The maximum absolute atomic E-state index is 12.4. The highest BCUT2D eigenvalue weighted by molar-refractivity contribution is 5.92. The van der Waals surface area contributed by atoms with Crippen molar-refractivity contribution < 1.29 is 4.79 Å². The van der Waals surface area contributed by atoms with E-state index >= 15 is 0 Å².